The van der Waals surface area contributed by atoms with Gasteiger partial charge in [0.15, 0.2) is 0 Å². The summed E-state index contributed by atoms with van der Waals surface area (Å²) in [5, 5.41) is 8.21. The Morgan fingerprint density at radius 3 is 1.92 bits per heavy atom. The van der Waals surface area contributed by atoms with Gasteiger partial charge in [0, 0.05) is 6.42 Å². The fraction of sp³-hybridized carbons (Fsp3) is 0.900. The van der Waals surface area contributed by atoms with Crippen LogP contribution in [0, 0.1) is 0 Å². The molecule has 0 bridgehead atoms. The Labute approximate surface area is 83.5 Å². The molecule has 0 aromatic heterocycles. The maximum atomic E-state index is 9.96. The Morgan fingerprint density at radius 1 is 1.15 bits per heavy atom. The number of carboxylic acids is 1. The predicted molar refractivity (Wildman–Crippen MR) is 61.1 cm³/mol. The molecule has 3 heteroatoms. The Bertz CT molecular complexity index is 111. The molecule has 2 nitrogen and oxygen atoms in total. The maximum absolute atomic E-state index is 9.96. The van der Waals surface area contributed by atoms with Crippen molar-refractivity contribution in [3.63, 3.8) is 0 Å². The molecular formula is C10H23O2P. The number of carboxylic acid groups (broad SMARTS) is 1. The highest BCUT2D eigenvalue weighted by molar-refractivity contribution is 7.55. The molecule has 0 fully saturated rings. The maximum Gasteiger partial charge on any atom is 0.303 e. The van der Waals surface area contributed by atoms with E-state index in [1.54, 1.807) is 0 Å². The van der Waals surface area contributed by atoms with Crippen molar-refractivity contribution in [1.29, 1.82) is 0 Å². The van der Waals surface area contributed by atoms with Gasteiger partial charge >= 0.3 is 5.97 Å². The molecule has 0 saturated carbocycles. The first-order chi connectivity index (χ1) is 6.00. The van der Waals surface area contributed by atoms with Crippen molar-refractivity contribution in [3.8, 4) is 0 Å². The summed E-state index contributed by atoms with van der Waals surface area (Å²) in [7, 11) is 0.380. The minimum atomic E-state index is -0.675. The van der Waals surface area contributed by atoms with Gasteiger partial charge in [-0.1, -0.05) is 26.2 Å². The van der Waals surface area contributed by atoms with E-state index in [0.29, 0.717) is 14.3 Å². The number of hydrogen-bond donors (Lipinski definition) is 1. The highest BCUT2D eigenvalue weighted by Crippen LogP contribution is 2.14. The molecule has 0 rings (SSSR count). The van der Waals surface area contributed by atoms with Crippen molar-refractivity contribution in [2.75, 3.05) is 20.0 Å². The third-order valence-corrected chi connectivity index (χ3v) is 1.24. The monoisotopic (exact) mass is 206 g/mol. The van der Waals surface area contributed by atoms with Crippen LogP contribution < -0.4 is 0 Å². The zero-order chi connectivity index (χ0) is 10.7. The van der Waals surface area contributed by atoms with Crippen LogP contribution in [0.25, 0.3) is 0 Å². The number of rotatable bonds is 5. The quantitative estimate of drug-likeness (QED) is 0.553. The third-order valence-electron chi connectivity index (χ3n) is 1.24. The molecule has 0 atom stereocenters. The van der Waals surface area contributed by atoms with E-state index in [9.17, 15) is 4.79 Å². The second-order valence-corrected chi connectivity index (χ2v) is 6.23. The van der Waals surface area contributed by atoms with E-state index in [-0.39, 0.29) is 0 Å². The normalized spacial score (nSPS) is 9.31. The van der Waals surface area contributed by atoms with Crippen LogP contribution in [-0.2, 0) is 4.79 Å². The van der Waals surface area contributed by atoms with Crippen LogP contribution in [0.15, 0.2) is 0 Å². The van der Waals surface area contributed by atoms with Crippen LogP contribution in [0.2, 0.25) is 0 Å². The van der Waals surface area contributed by atoms with Gasteiger partial charge in [0.2, 0.25) is 0 Å². The summed E-state index contributed by atoms with van der Waals surface area (Å²) in [6, 6.07) is 0. The number of unbranched alkanes of at least 4 members (excludes halogenated alkanes) is 3. The van der Waals surface area contributed by atoms with Gasteiger partial charge in [-0.15, -0.1) is 7.92 Å². The Balaban J connectivity index is 0. The van der Waals surface area contributed by atoms with Crippen LogP contribution in [0.4, 0.5) is 0 Å². The minimum Gasteiger partial charge on any atom is -0.481 e. The van der Waals surface area contributed by atoms with Gasteiger partial charge < -0.3 is 5.11 Å². The van der Waals surface area contributed by atoms with Crippen molar-refractivity contribution in [2.24, 2.45) is 0 Å². The molecule has 0 aromatic rings. The summed E-state index contributed by atoms with van der Waals surface area (Å²) in [5.41, 5.74) is 0. The van der Waals surface area contributed by atoms with E-state index < -0.39 is 5.97 Å². The van der Waals surface area contributed by atoms with E-state index >= 15 is 0 Å². The summed E-state index contributed by atoms with van der Waals surface area (Å²) in [4.78, 5) is 9.96. The van der Waals surface area contributed by atoms with Crippen molar-refractivity contribution in [3.05, 3.63) is 0 Å². The first kappa shape index (κ1) is 15.4. The molecule has 0 heterocycles. The molecule has 13 heavy (non-hydrogen) atoms. The van der Waals surface area contributed by atoms with E-state index in [2.05, 4.69) is 26.9 Å². The molecule has 0 spiro atoms. The third kappa shape index (κ3) is 33.5. The summed E-state index contributed by atoms with van der Waals surface area (Å²) >= 11 is 0. The van der Waals surface area contributed by atoms with Gasteiger partial charge in [-0.3, -0.25) is 4.79 Å². The van der Waals surface area contributed by atoms with Crippen molar-refractivity contribution >= 4 is 13.9 Å². The molecule has 0 amide bonds. The second kappa shape index (κ2) is 11.9. The molecule has 0 saturated heterocycles. The van der Waals surface area contributed by atoms with Gasteiger partial charge in [-0.05, 0) is 26.4 Å². The standard InChI is InChI=1S/C7H14O2.C3H9P/c1-2-3-4-5-6-7(8)9;1-4(2)3/h2-6H2,1H3,(H,8,9);1-3H3. The molecule has 0 aromatic carbocycles. The molecule has 0 aliphatic heterocycles. The summed E-state index contributed by atoms with van der Waals surface area (Å²) in [6.45, 7) is 8.81. The summed E-state index contributed by atoms with van der Waals surface area (Å²) in [5.74, 6) is -0.675. The van der Waals surface area contributed by atoms with Crippen LogP contribution >= 0.6 is 7.92 Å². The number of carbonyl (C=O) groups is 1. The largest absolute Gasteiger partial charge is 0.481 e. The van der Waals surface area contributed by atoms with Gasteiger partial charge in [-0.25, -0.2) is 0 Å². The fourth-order valence-electron chi connectivity index (χ4n) is 0.703. The highest BCUT2D eigenvalue weighted by Gasteiger charge is 1.93. The minimum absolute atomic E-state index is 0.333. The lowest BCUT2D eigenvalue weighted by atomic mass is 10.2. The number of hydrogen-bond acceptors (Lipinski definition) is 1. The van der Waals surface area contributed by atoms with Gasteiger partial charge in [0.05, 0.1) is 0 Å². The molecular weight excluding hydrogens is 183 g/mol. The average molecular weight is 206 g/mol. The van der Waals surface area contributed by atoms with Crippen molar-refractivity contribution in [2.45, 2.75) is 39.0 Å². The SMILES string of the molecule is CCCCCCC(=O)O.CP(C)C. The Morgan fingerprint density at radius 2 is 1.62 bits per heavy atom. The molecule has 0 aliphatic rings. The lowest BCUT2D eigenvalue weighted by molar-refractivity contribution is -0.137. The molecule has 80 valence electrons. The van der Waals surface area contributed by atoms with E-state index in [1.807, 2.05) is 0 Å². The summed E-state index contributed by atoms with van der Waals surface area (Å²) in [6.07, 6.45) is 4.55. The van der Waals surface area contributed by atoms with Crippen LogP contribution in [-0.4, -0.2) is 31.1 Å². The fourth-order valence-corrected chi connectivity index (χ4v) is 0.703. The lowest BCUT2D eigenvalue weighted by Crippen LogP contribution is -1.92. The average Bonchev–Trinajstić information content (AvgIpc) is 1.97. The molecule has 0 unspecified atom stereocenters. The van der Waals surface area contributed by atoms with Gasteiger partial charge in [0.1, 0.15) is 0 Å². The van der Waals surface area contributed by atoms with Crippen LogP contribution in [0.3, 0.4) is 0 Å². The lowest BCUT2D eigenvalue weighted by Gasteiger charge is -1.92. The van der Waals surface area contributed by atoms with Crippen molar-refractivity contribution in [1.82, 2.24) is 0 Å². The van der Waals surface area contributed by atoms with Crippen molar-refractivity contribution < 1.29 is 9.90 Å². The Hall–Kier alpha value is -0.100. The first-order valence-corrected chi connectivity index (χ1v) is 7.51. The van der Waals surface area contributed by atoms with E-state index in [0.717, 1.165) is 19.3 Å². The smallest absolute Gasteiger partial charge is 0.303 e. The molecule has 0 radical (unpaired) electrons. The molecule has 0 aliphatic carbocycles. The van der Waals surface area contributed by atoms with Gasteiger partial charge in [-0.2, -0.15) is 0 Å². The van der Waals surface area contributed by atoms with E-state index in [4.69, 9.17) is 5.11 Å². The van der Waals surface area contributed by atoms with Crippen LogP contribution in [0.1, 0.15) is 39.0 Å². The van der Waals surface area contributed by atoms with Crippen LogP contribution in [0.5, 0.6) is 0 Å². The Kier molecular flexibility index (Phi) is 14.1. The van der Waals surface area contributed by atoms with E-state index in [1.165, 1.54) is 6.42 Å². The second-order valence-electron chi connectivity index (χ2n) is 3.55. The predicted octanol–water partition coefficient (Wildman–Crippen LogP) is 3.40. The number of aliphatic carboxylic acids is 1. The van der Waals surface area contributed by atoms with Gasteiger partial charge in [0.25, 0.3) is 0 Å². The zero-order valence-corrected chi connectivity index (χ0v) is 10.2. The topological polar surface area (TPSA) is 37.3 Å². The zero-order valence-electron chi connectivity index (χ0n) is 9.34. The first-order valence-electron chi connectivity index (χ1n) is 4.83. The molecule has 1 N–H and O–H groups in total. The summed E-state index contributed by atoms with van der Waals surface area (Å²) < 4.78 is 0. The highest BCUT2D eigenvalue weighted by atomic mass is 31.1.